The van der Waals surface area contributed by atoms with Crippen molar-refractivity contribution in [3.8, 4) is 0 Å². The van der Waals surface area contributed by atoms with Gasteiger partial charge in [-0.1, -0.05) is 36.8 Å². The fourth-order valence-corrected chi connectivity index (χ4v) is 4.09. The van der Waals surface area contributed by atoms with Crippen molar-refractivity contribution in [3.63, 3.8) is 0 Å². The van der Waals surface area contributed by atoms with Crippen LogP contribution >= 0.6 is 0 Å². The minimum absolute atomic E-state index is 0.135. The molecular weight excluding hydrogens is 308 g/mol. The molecule has 1 N–H and O–H groups in total. The summed E-state index contributed by atoms with van der Waals surface area (Å²) in [7, 11) is 0. The van der Waals surface area contributed by atoms with Crippen LogP contribution in [0.5, 0.6) is 0 Å². The van der Waals surface area contributed by atoms with Gasteiger partial charge in [0.2, 0.25) is 5.91 Å². The number of carbonyl (C=O) groups excluding carboxylic acids is 1. The first-order chi connectivity index (χ1) is 12.3. The molecule has 4 rings (SSSR count). The van der Waals surface area contributed by atoms with Crippen LogP contribution in [-0.4, -0.2) is 19.0 Å². The summed E-state index contributed by atoms with van der Waals surface area (Å²) < 4.78 is 0. The molecule has 0 aromatic heterocycles. The molecule has 2 aliphatic rings. The number of amides is 1. The number of hydrogen-bond acceptors (Lipinski definition) is 2. The lowest BCUT2D eigenvalue weighted by Gasteiger charge is -2.40. The van der Waals surface area contributed by atoms with Crippen molar-refractivity contribution in [2.75, 3.05) is 23.3 Å². The van der Waals surface area contributed by atoms with Crippen molar-refractivity contribution < 1.29 is 4.79 Å². The first kappa shape index (κ1) is 16.2. The Balaban J connectivity index is 1.47. The molecule has 25 heavy (non-hydrogen) atoms. The second-order valence-corrected chi connectivity index (χ2v) is 7.35. The van der Waals surface area contributed by atoms with Gasteiger partial charge in [-0.15, -0.1) is 0 Å². The van der Waals surface area contributed by atoms with Crippen molar-refractivity contribution in [3.05, 3.63) is 60.2 Å². The number of piperidine rings is 1. The molecule has 0 unspecified atom stereocenters. The molecule has 0 atom stereocenters. The quantitative estimate of drug-likeness (QED) is 0.876. The minimum atomic E-state index is -0.340. The molecule has 2 fully saturated rings. The summed E-state index contributed by atoms with van der Waals surface area (Å²) in [5.41, 5.74) is 2.96. The molecule has 1 saturated carbocycles. The largest absolute Gasteiger partial charge is 0.372 e. The van der Waals surface area contributed by atoms with Crippen molar-refractivity contribution in [2.24, 2.45) is 0 Å². The lowest BCUT2D eigenvalue weighted by atomic mass is 9.64. The topological polar surface area (TPSA) is 32.3 Å². The Morgan fingerprint density at radius 2 is 1.52 bits per heavy atom. The highest BCUT2D eigenvalue weighted by Gasteiger charge is 2.45. The van der Waals surface area contributed by atoms with Crippen molar-refractivity contribution >= 4 is 17.3 Å². The normalized spacial score (nSPS) is 19.1. The van der Waals surface area contributed by atoms with Gasteiger partial charge in [0.05, 0.1) is 5.41 Å². The van der Waals surface area contributed by atoms with Gasteiger partial charge in [0.15, 0.2) is 0 Å². The summed E-state index contributed by atoms with van der Waals surface area (Å²) in [4.78, 5) is 15.4. The third-order valence-electron chi connectivity index (χ3n) is 5.81. The van der Waals surface area contributed by atoms with Crippen LogP contribution in [0.3, 0.4) is 0 Å². The third-order valence-corrected chi connectivity index (χ3v) is 5.81. The molecule has 0 radical (unpaired) electrons. The van der Waals surface area contributed by atoms with Crippen LogP contribution in [0.1, 0.15) is 44.1 Å². The first-order valence-electron chi connectivity index (χ1n) is 9.50. The molecule has 1 aliphatic heterocycles. The zero-order valence-electron chi connectivity index (χ0n) is 14.7. The van der Waals surface area contributed by atoms with Gasteiger partial charge in [-0.2, -0.15) is 0 Å². The Morgan fingerprint density at radius 1 is 0.840 bits per heavy atom. The van der Waals surface area contributed by atoms with E-state index < -0.39 is 0 Å². The van der Waals surface area contributed by atoms with E-state index in [-0.39, 0.29) is 11.3 Å². The average Bonchev–Trinajstić information content (AvgIpc) is 2.63. The van der Waals surface area contributed by atoms with Gasteiger partial charge < -0.3 is 10.2 Å². The Labute approximate surface area is 150 Å². The van der Waals surface area contributed by atoms with Crippen LogP contribution in [0.4, 0.5) is 11.4 Å². The smallest absolute Gasteiger partial charge is 0.235 e. The Bertz CT molecular complexity index is 713. The molecule has 1 heterocycles. The summed E-state index contributed by atoms with van der Waals surface area (Å²) in [6.45, 7) is 2.28. The average molecular weight is 334 g/mol. The Hall–Kier alpha value is -2.29. The summed E-state index contributed by atoms with van der Waals surface area (Å²) >= 11 is 0. The van der Waals surface area contributed by atoms with Crippen molar-refractivity contribution in [1.82, 2.24) is 0 Å². The van der Waals surface area contributed by atoms with E-state index in [1.165, 1.54) is 24.9 Å². The predicted octanol–water partition coefficient (Wildman–Crippen LogP) is 4.74. The monoisotopic (exact) mass is 334 g/mol. The van der Waals surface area contributed by atoms with Crippen LogP contribution in [0.15, 0.2) is 54.6 Å². The highest BCUT2D eigenvalue weighted by atomic mass is 16.2. The van der Waals surface area contributed by atoms with E-state index in [1.807, 2.05) is 30.3 Å². The van der Waals surface area contributed by atoms with E-state index in [2.05, 4.69) is 34.5 Å². The molecule has 2 aromatic rings. The van der Waals surface area contributed by atoms with Crippen LogP contribution in [0.2, 0.25) is 0 Å². The lowest BCUT2D eigenvalue weighted by molar-refractivity contribution is -0.124. The van der Waals surface area contributed by atoms with Crippen molar-refractivity contribution in [1.29, 1.82) is 0 Å². The van der Waals surface area contributed by atoms with E-state index in [4.69, 9.17) is 0 Å². The molecule has 1 aliphatic carbocycles. The number of nitrogens with one attached hydrogen (secondary N) is 1. The van der Waals surface area contributed by atoms with Gasteiger partial charge in [0.1, 0.15) is 0 Å². The highest BCUT2D eigenvalue weighted by molar-refractivity contribution is 6.00. The van der Waals surface area contributed by atoms with Crippen molar-refractivity contribution in [2.45, 2.75) is 43.9 Å². The molecule has 0 spiro atoms. The highest BCUT2D eigenvalue weighted by Crippen LogP contribution is 2.44. The molecule has 130 valence electrons. The summed E-state index contributed by atoms with van der Waals surface area (Å²) in [5, 5.41) is 3.16. The number of carbonyl (C=O) groups is 1. The van der Waals surface area contributed by atoms with Gasteiger partial charge in [-0.3, -0.25) is 4.79 Å². The fraction of sp³-hybridized carbons (Fsp3) is 0.409. The third kappa shape index (κ3) is 3.15. The number of rotatable bonds is 4. The molecule has 3 heteroatoms. The number of benzene rings is 2. The second-order valence-electron chi connectivity index (χ2n) is 7.35. The predicted molar refractivity (Wildman–Crippen MR) is 103 cm³/mol. The van der Waals surface area contributed by atoms with Crippen LogP contribution in [0.25, 0.3) is 0 Å². The molecule has 1 saturated heterocycles. The summed E-state index contributed by atoms with van der Waals surface area (Å²) in [6, 6.07) is 18.6. The maximum atomic E-state index is 13.0. The maximum absolute atomic E-state index is 13.0. The summed E-state index contributed by atoms with van der Waals surface area (Å²) in [5.74, 6) is 0.135. The zero-order chi connectivity index (χ0) is 17.1. The van der Waals surface area contributed by atoms with E-state index in [0.29, 0.717) is 0 Å². The Morgan fingerprint density at radius 3 is 2.12 bits per heavy atom. The maximum Gasteiger partial charge on any atom is 0.235 e. The molecule has 1 amide bonds. The zero-order valence-corrected chi connectivity index (χ0v) is 14.7. The number of nitrogens with zero attached hydrogens (tertiary/aromatic N) is 1. The molecule has 0 bridgehead atoms. The minimum Gasteiger partial charge on any atom is -0.372 e. The lowest BCUT2D eigenvalue weighted by Crippen LogP contribution is -2.45. The number of hydrogen-bond donors (Lipinski definition) is 1. The standard InChI is InChI=1S/C22H26N2O/c25-21(22(14-7-15-22)18-8-3-1-4-9-18)23-19-10-12-20(13-11-19)24-16-5-2-6-17-24/h1,3-4,8-13H,2,5-7,14-17H2,(H,23,25). The fourth-order valence-electron chi connectivity index (χ4n) is 4.09. The molecular formula is C22H26N2O. The SMILES string of the molecule is O=C(Nc1ccc(N2CCCCC2)cc1)C1(c2ccccc2)CCC1. The molecule has 2 aromatic carbocycles. The number of anilines is 2. The van der Waals surface area contributed by atoms with Gasteiger partial charge in [-0.05, 0) is 61.9 Å². The van der Waals surface area contributed by atoms with Gasteiger partial charge in [0, 0.05) is 24.5 Å². The second kappa shape index (κ2) is 6.91. The van der Waals surface area contributed by atoms with Gasteiger partial charge in [0.25, 0.3) is 0 Å². The Kier molecular flexibility index (Phi) is 4.48. The first-order valence-corrected chi connectivity index (χ1v) is 9.50. The van der Waals surface area contributed by atoms with Crippen LogP contribution < -0.4 is 10.2 Å². The van der Waals surface area contributed by atoms with E-state index in [9.17, 15) is 4.79 Å². The van der Waals surface area contributed by atoms with E-state index >= 15 is 0 Å². The van der Waals surface area contributed by atoms with E-state index in [1.54, 1.807) is 0 Å². The van der Waals surface area contributed by atoms with E-state index in [0.717, 1.165) is 43.6 Å². The summed E-state index contributed by atoms with van der Waals surface area (Å²) in [6.07, 6.45) is 6.89. The van der Waals surface area contributed by atoms with Crippen LogP contribution in [0, 0.1) is 0 Å². The molecule has 3 nitrogen and oxygen atoms in total. The van der Waals surface area contributed by atoms with Crippen LogP contribution in [-0.2, 0) is 10.2 Å². The van der Waals surface area contributed by atoms with Gasteiger partial charge in [-0.25, -0.2) is 0 Å². The van der Waals surface area contributed by atoms with Gasteiger partial charge >= 0.3 is 0 Å².